The third-order valence-electron chi connectivity index (χ3n) is 13.1. The fourth-order valence-corrected chi connectivity index (χ4v) is 8.54. The Labute approximate surface area is 469 Å². The Bertz CT molecular complexity index is 2750. The van der Waals surface area contributed by atoms with Crippen LogP contribution in [0.15, 0.2) is 72.8 Å². The van der Waals surface area contributed by atoms with Gasteiger partial charge in [-0.25, -0.2) is 4.79 Å². The number of phenols is 3. The van der Waals surface area contributed by atoms with Crippen LogP contribution < -0.4 is 54.4 Å². The number of rotatable bonds is 31. The Morgan fingerprint density at radius 2 is 0.890 bits per heavy atom. The van der Waals surface area contributed by atoms with Crippen molar-refractivity contribution in [1.29, 1.82) is 0 Å². The molecular weight excluding hydrogens is 1080 g/mol. The lowest BCUT2D eigenvalue weighted by atomic mass is 10.0. The molecule has 11 atom stereocenters. The minimum atomic E-state index is -1.91. The third kappa shape index (κ3) is 20.3. The summed E-state index contributed by atoms with van der Waals surface area (Å²) in [6, 6.07) is 1.71. The van der Waals surface area contributed by atoms with Crippen LogP contribution in [-0.4, -0.2) is 185 Å². The number of hydrogen-bond acceptors (Lipinski definition) is 18. The van der Waals surface area contributed by atoms with Gasteiger partial charge in [0, 0.05) is 38.6 Å². The Balaban J connectivity index is 1.58. The maximum Gasteiger partial charge on any atom is 0.328 e. The van der Waals surface area contributed by atoms with Crippen molar-refractivity contribution in [3.8, 4) is 17.2 Å². The van der Waals surface area contributed by atoms with E-state index in [4.69, 9.17) is 17.2 Å². The smallest absolute Gasteiger partial charge is 0.328 e. The van der Waals surface area contributed by atoms with E-state index in [0.29, 0.717) is 16.7 Å². The number of aliphatic carboxylic acids is 1. The monoisotopic (exact) mass is 1150 g/mol. The molecule has 1 fully saturated rings. The van der Waals surface area contributed by atoms with E-state index >= 15 is 0 Å². The predicted octanol–water partition coefficient (Wildman–Crippen LogP) is -5.09. The number of carboxylic acids is 1. The van der Waals surface area contributed by atoms with Gasteiger partial charge in [-0.05, 0) is 92.6 Å². The van der Waals surface area contributed by atoms with Crippen LogP contribution in [-0.2, 0) is 72.0 Å². The Kier molecular flexibility index (Phi) is 24.9. The number of carboxylic acid groups (broad SMARTS) is 1. The summed E-state index contributed by atoms with van der Waals surface area (Å²) in [7, 11) is 0. The summed E-state index contributed by atoms with van der Waals surface area (Å²) in [6.45, 7) is 1.02. The standard InChI is InChI=1S/C53H71N11O18/c1-26(66)43(52(80)64-21-3-4-40(64)51(79)60-38(24-30-9-15-33(70)16-10-30)49(77)63-44(27(2)67)53(81)82)62-50(78)39(25-65)61-48(76)37(23-29-7-13-32(69)14-8-29)59-47(75)36(22-28-5-11-31(68)12-6-28)58-46(74)35(18-20-42(56)72)57-45(73)34(54)17-19-41(55)71/h5-16,26-27,34-40,43-44,65-70H,3-4,17-25,54H2,1-2H3,(H2,55,71)(H2,56,72)(H,57,73)(H,58,74)(H,59,75)(H,60,79)(H,61,76)(H,62,78)(H,63,77)(H,81,82)/t26-,27-,34+,35+,36+,37+,38+,39+,40+,43+,44+/m1/s1. The van der Waals surface area contributed by atoms with Crippen LogP contribution in [0.3, 0.4) is 0 Å². The number of phenolic OH excluding ortho intramolecular Hbond substituents is 3. The minimum Gasteiger partial charge on any atom is -0.508 e. The van der Waals surface area contributed by atoms with Gasteiger partial charge in [-0.15, -0.1) is 0 Å². The van der Waals surface area contributed by atoms with E-state index in [1.165, 1.54) is 72.8 Å². The second-order valence-electron chi connectivity index (χ2n) is 19.7. The van der Waals surface area contributed by atoms with Gasteiger partial charge in [0.25, 0.3) is 0 Å². The maximum absolute atomic E-state index is 14.4. The molecule has 29 heteroatoms. The first-order chi connectivity index (χ1) is 38.7. The molecule has 0 unspecified atom stereocenters. The fourth-order valence-electron chi connectivity index (χ4n) is 8.54. The number of likely N-dealkylation sites (tertiary alicyclic amines) is 1. The summed E-state index contributed by atoms with van der Waals surface area (Å²) in [5, 5.41) is 87.5. The first-order valence-electron chi connectivity index (χ1n) is 26.0. The van der Waals surface area contributed by atoms with E-state index in [1.807, 2.05) is 0 Å². The topological polar surface area (TPSA) is 495 Å². The number of benzene rings is 3. The second kappa shape index (κ2) is 31.2. The normalized spacial score (nSPS) is 16.6. The van der Waals surface area contributed by atoms with E-state index < -0.39 is 145 Å². The van der Waals surface area contributed by atoms with Crippen LogP contribution in [0.5, 0.6) is 17.2 Å². The van der Waals surface area contributed by atoms with Gasteiger partial charge in [0.05, 0.1) is 24.9 Å². The van der Waals surface area contributed by atoms with Crippen molar-refractivity contribution < 1.29 is 88.5 Å². The van der Waals surface area contributed by atoms with Crippen molar-refractivity contribution in [3.63, 3.8) is 0 Å². The molecule has 1 aliphatic rings. The van der Waals surface area contributed by atoms with Crippen molar-refractivity contribution in [1.82, 2.24) is 42.1 Å². The number of hydrogen-bond donors (Lipinski definition) is 17. The molecule has 1 heterocycles. The number of carbonyl (C=O) groups is 11. The van der Waals surface area contributed by atoms with Crippen LogP contribution in [0.4, 0.5) is 0 Å². The molecule has 0 radical (unpaired) electrons. The Morgan fingerprint density at radius 1 is 0.524 bits per heavy atom. The van der Waals surface area contributed by atoms with Crippen LogP contribution in [0.2, 0.25) is 0 Å². The molecule has 0 bridgehead atoms. The van der Waals surface area contributed by atoms with Gasteiger partial charge < -0.3 is 95.1 Å². The molecule has 20 N–H and O–H groups in total. The molecule has 0 saturated carbocycles. The van der Waals surface area contributed by atoms with Gasteiger partial charge in [-0.3, -0.25) is 47.9 Å². The van der Waals surface area contributed by atoms with Crippen LogP contribution >= 0.6 is 0 Å². The van der Waals surface area contributed by atoms with Crippen LogP contribution in [0, 0.1) is 0 Å². The summed E-state index contributed by atoms with van der Waals surface area (Å²) in [5.74, 6) is -11.9. The lowest BCUT2D eigenvalue weighted by Crippen LogP contribution is -2.62. The molecule has 0 spiro atoms. The Hall–Kier alpha value is -8.93. The summed E-state index contributed by atoms with van der Waals surface area (Å²) in [5.41, 5.74) is 17.5. The van der Waals surface area contributed by atoms with E-state index in [-0.39, 0.29) is 75.2 Å². The highest BCUT2D eigenvalue weighted by Gasteiger charge is 2.42. The highest BCUT2D eigenvalue weighted by Crippen LogP contribution is 2.21. The number of carbonyl (C=O) groups excluding carboxylic acids is 10. The lowest BCUT2D eigenvalue weighted by molar-refractivity contribution is -0.146. The molecule has 4 rings (SSSR count). The van der Waals surface area contributed by atoms with Gasteiger partial charge in [0.2, 0.25) is 59.1 Å². The average molecular weight is 1150 g/mol. The van der Waals surface area contributed by atoms with E-state index in [0.717, 1.165) is 18.7 Å². The third-order valence-corrected chi connectivity index (χ3v) is 13.1. The molecule has 29 nitrogen and oxygen atoms in total. The zero-order valence-corrected chi connectivity index (χ0v) is 44.9. The van der Waals surface area contributed by atoms with Crippen molar-refractivity contribution in [3.05, 3.63) is 89.5 Å². The van der Waals surface area contributed by atoms with Crippen molar-refractivity contribution in [2.24, 2.45) is 17.2 Å². The summed E-state index contributed by atoms with van der Waals surface area (Å²) in [6.07, 6.45) is -5.28. The highest BCUT2D eigenvalue weighted by atomic mass is 16.4. The summed E-state index contributed by atoms with van der Waals surface area (Å²) < 4.78 is 0. The average Bonchev–Trinajstić information content (AvgIpc) is 4.07. The molecule has 3 aromatic carbocycles. The SMILES string of the molecule is C[C@@H](O)[C@H](NC(=O)[C@H](Cc1ccc(O)cc1)NC(=O)[C@@H]1CCCN1C(=O)[C@@H](NC(=O)[C@H](CO)NC(=O)[C@H](Cc1ccc(O)cc1)NC(=O)[C@H](Cc1ccc(O)cc1)NC(=O)[C@H](CCC(N)=O)NC(=O)[C@@H](N)CCC(N)=O)[C@@H](C)O)C(=O)O. The molecular formula is C53H71N11O18. The molecule has 446 valence electrons. The maximum atomic E-state index is 14.4. The summed E-state index contributed by atoms with van der Waals surface area (Å²) in [4.78, 5) is 147. The van der Waals surface area contributed by atoms with Gasteiger partial charge in [0.1, 0.15) is 59.5 Å². The molecule has 3 aromatic rings. The van der Waals surface area contributed by atoms with Crippen molar-refractivity contribution in [2.45, 2.75) is 138 Å². The second-order valence-corrected chi connectivity index (χ2v) is 19.7. The van der Waals surface area contributed by atoms with Gasteiger partial charge in [-0.2, -0.15) is 0 Å². The number of nitrogens with zero attached hydrogens (tertiary/aromatic N) is 1. The molecule has 1 aliphatic heterocycles. The van der Waals surface area contributed by atoms with Crippen LogP contribution in [0.1, 0.15) is 69.1 Å². The number of nitrogens with two attached hydrogens (primary N) is 3. The van der Waals surface area contributed by atoms with Crippen molar-refractivity contribution >= 4 is 65.0 Å². The fraction of sp³-hybridized carbons (Fsp3) is 0.453. The summed E-state index contributed by atoms with van der Waals surface area (Å²) >= 11 is 0. The number of amides is 10. The molecule has 82 heavy (non-hydrogen) atoms. The number of aliphatic hydroxyl groups excluding tert-OH is 3. The predicted molar refractivity (Wildman–Crippen MR) is 287 cm³/mol. The van der Waals surface area contributed by atoms with E-state index in [1.54, 1.807) is 0 Å². The van der Waals surface area contributed by atoms with Gasteiger partial charge in [-0.1, -0.05) is 36.4 Å². The molecule has 1 saturated heterocycles. The lowest BCUT2D eigenvalue weighted by Gasteiger charge is -2.32. The minimum absolute atomic E-state index is 0.0147. The molecule has 0 aromatic heterocycles. The highest BCUT2D eigenvalue weighted by molar-refractivity contribution is 5.99. The largest absolute Gasteiger partial charge is 0.508 e. The van der Waals surface area contributed by atoms with Crippen molar-refractivity contribution in [2.75, 3.05) is 13.2 Å². The number of primary amides is 2. The zero-order chi connectivity index (χ0) is 61.0. The Morgan fingerprint density at radius 3 is 1.30 bits per heavy atom. The number of aromatic hydroxyl groups is 3. The first-order valence-corrected chi connectivity index (χ1v) is 26.0. The molecule has 10 amide bonds. The van der Waals surface area contributed by atoms with E-state index in [9.17, 15) is 88.5 Å². The molecule has 0 aliphatic carbocycles. The zero-order valence-electron chi connectivity index (χ0n) is 44.9. The first kappa shape index (κ1) is 65.6. The van der Waals surface area contributed by atoms with Gasteiger partial charge >= 0.3 is 5.97 Å². The van der Waals surface area contributed by atoms with Gasteiger partial charge in [0.15, 0.2) is 6.04 Å². The number of nitrogens with one attached hydrogen (secondary N) is 7. The van der Waals surface area contributed by atoms with E-state index in [2.05, 4.69) is 37.2 Å². The quantitative estimate of drug-likeness (QED) is 0.0287. The van der Waals surface area contributed by atoms with Crippen LogP contribution in [0.25, 0.3) is 0 Å². The number of aliphatic hydroxyl groups is 3.